The van der Waals surface area contributed by atoms with Crippen molar-refractivity contribution in [3.63, 3.8) is 0 Å². The van der Waals surface area contributed by atoms with Crippen LogP contribution >= 0.6 is 34.8 Å². The molecule has 0 unspecified atom stereocenters. The van der Waals surface area contributed by atoms with Gasteiger partial charge < -0.3 is 19.7 Å². The minimum Gasteiger partial charge on any atom is -0.490 e. The number of rotatable bonds is 11. The van der Waals surface area contributed by atoms with Gasteiger partial charge in [-0.1, -0.05) is 40.9 Å². The van der Waals surface area contributed by atoms with Gasteiger partial charge >= 0.3 is 0 Å². The number of halogens is 3. The summed E-state index contributed by atoms with van der Waals surface area (Å²) in [5.41, 5.74) is 1.76. The van der Waals surface area contributed by atoms with Gasteiger partial charge in [-0.3, -0.25) is 0 Å². The average Bonchev–Trinajstić information content (AvgIpc) is 2.62. The summed E-state index contributed by atoms with van der Waals surface area (Å²) in [5, 5.41) is 5.04. The summed E-state index contributed by atoms with van der Waals surface area (Å²) in [5.74, 6) is 1.11. The largest absolute Gasteiger partial charge is 0.490 e. The Morgan fingerprint density at radius 1 is 1.00 bits per heavy atom. The molecule has 0 radical (unpaired) electrons. The highest BCUT2D eigenvalue weighted by Crippen LogP contribution is 2.38. The molecular weight excluding hydrogens is 419 g/mol. The normalized spacial score (nSPS) is 11.1. The number of benzene rings is 2. The fraction of sp³-hybridized carbons (Fsp3) is 0.429. The van der Waals surface area contributed by atoms with Crippen molar-refractivity contribution in [3.8, 4) is 11.5 Å². The van der Waals surface area contributed by atoms with Crippen molar-refractivity contribution in [1.82, 2.24) is 10.2 Å². The summed E-state index contributed by atoms with van der Waals surface area (Å²) in [4.78, 5) is 2.17. The highest BCUT2D eigenvalue weighted by Gasteiger charge is 2.15. The van der Waals surface area contributed by atoms with E-state index >= 15 is 0 Å². The molecule has 0 atom stereocenters. The Morgan fingerprint density at radius 2 is 1.71 bits per heavy atom. The molecule has 0 spiro atoms. The van der Waals surface area contributed by atoms with E-state index in [1.165, 1.54) is 0 Å². The molecule has 28 heavy (non-hydrogen) atoms. The van der Waals surface area contributed by atoms with E-state index in [9.17, 15) is 0 Å². The number of nitrogens with zero attached hydrogens (tertiary/aromatic N) is 1. The van der Waals surface area contributed by atoms with Crippen LogP contribution in [0.3, 0.4) is 0 Å². The van der Waals surface area contributed by atoms with Crippen molar-refractivity contribution in [3.05, 3.63) is 56.5 Å². The molecule has 0 aromatic heterocycles. The van der Waals surface area contributed by atoms with E-state index in [-0.39, 0.29) is 6.61 Å². The third-order valence-corrected chi connectivity index (χ3v) is 5.07. The summed E-state index contributed by atoms with van der Waals surface area (Å²) < 4.78 is 11.7. The zero-order valence-electron chi connectivity index (χ0n) is 16.5. The van der Waals surface area contributed by atoms with Crippen LogP contribution in [-0.2, 0) is 13.2 Å². The van der Waals surface area contributed by atoms with Crippen molar-refractivity contribution < 1.29 is 9.47 Å². The molecule has 7 heteroatoms. The number of nitrogens with one attached hydrogen (secondary N) is 1. The smallest absolute Gasteiger partial charge is 0.180 e. The van der Waals surface area contributed by atoms with Crippen LogP contribution in [0.2, 0.25) is 15.1 Å². The van der Waals surface area contributed by atoms with Gasteiger partial charge in [0.15, 0.2) is 11.5 Å². The minimum atomic E-state index is 0.209. The average molecular weight is 446 g/mol. The van der Waals surface area contributed by atoms with E-state index < -0.39 is 0 Å². The molecule has 154 valence electrons. The number of ether oxygens (including phenoxy) is 2. The third-order valence-electron chi connectivity index (χ3n) is 4.08. The van der Waals surface area contributed by atoms with Crippen LogP contribution in [0.15, 0.2) is 30.3 Å². The Hall–Kier alpha value is -1.17. The molecular formula is C21H27Cl3N2O2. The molecule has 0 aliphatic carbocycles. The van der Waals surface area contributed by atoms with Gasteiger partial charge in [-0.05, 0) is 70.4 Å². The molecule has 0 aliphatic rings. The zero-order valence-corrected chi connectivity index (χ0v) is 18.8. The Kier molecular flexibility index (Phi) is 9.69. The van der Waals surface area contributed by atoms with E-state index in [1.54, 1.807) is 18.2 Å². The van der Waals surface area contributed by atoms with Crippen LogP contribution < -0.4 is 14.8 Å². The minimum absolute atomic E-state index is 0.209. The summed E-state index contributed by atoms with van der Waals surface area (Å²) in [6, 6.07) is 9.21. The predicted molar refractivity (Wildman–Crippen MR) is 118 cm³/mol. The fourth-order valence-corrected chi connectivity index (χ4v) is 3.49. The second kappa shape index (κ2) is 11.7. The van der Waals surface area contributed by atoms with Gasteiger partial charge in [-0.25, -0.2) is 0 Å². The van der Waals surface area contributed by atoms with Crippen molar-refractivity contribution in [1.29, 1.82) is 0 Å². The Bertz CT molecular complexity index is 749. The van der Waals surface area contributed by atoms with Gasteiger partial charge in [-0.15, -0.1) is 0 Å². The monoisotopic (exact) mass is 444 g/mol. The molecule has 2 aromatic carbocycles. The first-order chi connectivity index (χ1) is 13.4. The summed E-state index contributed by atoms with van der Waals surface area (Å²) in [6.45, 7) is 5.34. The highest BCUT2D eigenvalue weighted by atomic mass is 35.5. The Morgan fingerprint density at radius 3 is 2.36 bits per heavy atom. The van der Waals surface area contributed by atoms with Gasteiger partial charge in [0.05, 0.1) is 11.6 Å². The topological polar surface area (TPSA) is 33.7 Å². The molecule has 0 fully saturated rings. The lowest BCUT2D eigenvalue weighted by molar-refractivity contribution is 0.269. The first-order valence-corrected chi connectivity index (χ1v) is 10.4. The summed E-state index contributed by atoms with van der Waals surface area (Å²) >= 11 is 18.9. The van der Waals surface area contributed by atoms with Crippen molar-refractivity contribution in [2.45, 2.75) is 26.5 Å². The molecule has 0 heterocycles. The van der Waals surface area contributed by atoms with Crippen LogP contribution in [0.1, 0.15) is 24.5 Å². The summed E-state index contributed by atoms with van der Waals surface area (Å²) in [7, 11) is 4.14. The van der Waals surface area contributed by atoms with Gasteiger partial charge in [0.25, 0.3) is 0 Å². The van der Waals surface area contributed by atoms with Crippen molar-refractivity contribution in [2.24, 2.45) is 0 Å². The third kappa shape index (κ3) is 7.02. The molecule has 1 N–H and O–H groups in total. The summed E-state index contributed by atoms with van der Waals surface area (Å²) in [6.07, 6.45) is 1.08. The molecule has 0 saturated heterocycles. The first-order valence-electron chi connectivity index (χ1n) is 9.28. The van der Waals surface area contributed by atoms with Gasteiger partial charge in [0.2, 0.25) is 0 Å². The second-order valence-electron chi connectivity index (χ2n) is 6.66. The lowest BCUT2D eigenvalue weighted by Gasteiger charge is -2.16. The molecule has 4 nitrogen and oxygen atoms in total. The van der Waals surface area contributed by atoms with Gasteiger partial charge in [-0.2, -0.15) is 0 Å². The van der Waals surface area contributed by atoms with Crippen LogP contribution in [0.25, 0.3) is 0 Å². The van der Waals surface area contributed by atoms with Crippen LogP contribution in [0, 0.1) is 0 Å². The molecule has 2 aromatic rings. The maximum Gasteiger partial charge on any atom is 0.180 e. The van der Waals surface area contributed by atoms with E-state index in [4.69, 9.17) is 44.3 Å². The molecule has 2 rings (SSSR count). The Labute approximate surface area is 182 Å². The quantitative estimate of drug-likeness (QED) is 0.452. The number of hydrogen-bond donors (Lipinski definition) is 1. The fourth-order valence-electron chi connectivity index (χ4n) is 2.69. The van der Waals surface area contributed by atoms with Gasteiger partial charge in [0.1, 0.15) is 6.61 Å². The van der Waals surface area contributed by atoms with Crippen LogP contribution in [0.4, 0.5) is 0 Å². The van der Waals surface area contributed by atoms with Gasteiger partial charge in [0, 0.05) is 22.2 Å². The maximum absolute atomic E-state index is 6.49. The standard InChI is InChI=1S/C21H27Cl3N2O2/c1-4-27-20-12-15(13-25-9-6-10-26(2)3)11-19(24)21(20)28-14-16-17(22)7-5-8-18(16)23/h5,7-8,11-12,25H,4,6,9-10,13-14H2,1-3H3. The highest BCUT2D eigenvalue weighted by molar-refractivity contribution is 6.36. The predicted octanol–water partition coefficient (Wildman–Crippen LogP) is 5.67. The molecule has 0 saturated carbocycles. The number of hydrogen-bond acceptors (Lipinski definition) is 4. The molecule has 0 bridgehead atoms. The Balaban J connectivity index is 2.07. The zero-order chi connectivity index (χ0) is 20.5. The van der Waals surface area contributed by atoms with E-state index in [2.05, 4.69) is 24.3 Å². The lowest BCUT2D eigenvalue weighted by atomic mass is 10.2. The SMILES string of the molecule is CCOc1cc(CNCCCN(C)C)cc(Cl)c1OCc1c(Cl)cccc1Cl. The van der Waals surface area contributed by atoms with Crippen LogP contribution in [-0.4, -0.2) is 38.7 Å². The van der Waals surface area contributed by atoms with Crippen molar-refractivity contribution >= 4 is 34.8 Å². The lowest BCUT2D eigenvalue weighted by Crippen LogP contribution is -2.21. The molecule has 0 aliphatic heterocycles. The van der Waals surface area contributed by atoms with Crippen molar-refractivity contribution in [2.75, 3.05) is 33.8 Å². The molecule has 0 amide bonds. The van der Waals surface area contributed by atoms with E-state index in [1.807, 2.05) is 19.1 Å². The maximum atomic E-state index is 6.49. The van der Waals surface area contributed by atoms with E-state index in [0.717, 1.165) is 30.6 Å². The second-order valence-corrected chi connectivity index (χ2v) is 7.88. The van der Waals surface area contributed by atoms with Crippen LogP contribution in [0.5, 0.6) is 11.5 Å². The first kappa shape index (κ1) is 23.1. The van der Waals surface area contributed by atoms with E-state index in [0.29, 0.717) is 39.7 Å².